The summed E-state index contributed by atoms with van der Waals surface area (Å²) < 4.78 is 28.5. The highest BCUT2D eigenvalue weighted by atomic mass is 32.2. The van der Waals surface area contributed by atoms with Gasteiger partial charge < -0.3 is 9.29 Å². The Kier molecular flexibility index (Phi) is 5.90. The van der Waals surface area contributed by atoms with Crippen molar-refractivity contribution in [2.24, 2.45) is 0 Å². The molecular weight excluding hydrogens is 308 g/mol. The van der Waals surface area contributed by atoms with Crippen molar-refractivity contribution >= 4 is 11.1 Å². The second-order valence-electron chi connectivity index (χ2n) is 6.37. The summed E-state index contributed by atoms with van der Waals surface area (Å²) in [6.07, 6.45) is 6.32. The number of hydrogen-bond donors (Lipinski definition) is 1. The van der Waals surface area contributed by atoms with Crippen molar-refractivity contribution in [2.45, 2.75) is 90.1 Å². The molecule has 4 heteroatoms. The van der Waals surface area contributed by atoms with E-state index in [0.717, 1.165) is 67.4 Å². The van der Waals surface area contributed by atoms with Crippen molar-refractivity contribution in [3.63, 3.8) is 0 Å². The van der Waals surface area contributed by atoms with Crippen LogP contribution < -0.4 is 4.74 Å². The lowest BCUT2D eigenvalue weighted by molar-refractivity contribution is 0.0367. The van der Waals surface area contributed by atoms with Crippen LogP contribution in [0.1, 0.15) is 76.1 Å². The number of fused-ring (bicyclic) bond motifs is 1. The van der Waals surface area contributed by atoms with Crippen molar-refractivity contribution in [3.8, 4) is 5.75 Å². The van der Waals surface area contributed by atoms with Gasteiger partial charge in [-0.25, -0.2) is 4.21 Å². The van der Waals surface area contributed by atoms with E-state index in [1.807, 2.05) is 0 Å². The third-order valence-electron chi connectivity index (χ3n) is 5.50. The predicted molar refractivity (Wildman–Crippen MR) is 95.9 cm³/mol. The van der Waals surface area contributed by atoms with Crippen LogP contribution in [0.25, 0.3) is 0 Å². The number of ether oxygens (including phenoxy) is 1. The summed E-state index contributed by atoms with van der Waals surface area (Å²) in [5, 5.41) is 0. The first-order chi connectivity index (χ1) is 11.0. The summed E-state index contributed by atoms with van der Waals surface area (Å²) in [6.45, 7) is 10.6. The minimum absolute atomic E-state index is 0.0766. The molecule has 1 aromatic rings. The van der Waals surface area contributed by atoms with E-state index in [1.54, 1.807) is 0 Å². The summed E-state index contributed by atoms with van der Waals surface area (Å²) >= 11 is -1.94. The molecule has 0 saturated heterocycles. The third kappa shape index (κ3) is 3.08. The minimum atomic E-state index is -1.94. The smallest absolute Gasteiger partial charge is 0.187 e. The number of rotatable bonds is 6. The highest BCUT2D eigenvalue weighted by Crippen LogP contribution is 2.45. The Morgan fingerprint density at radius 2 is 1.57 bits per heavy atom. The predicted octanol–water partition coefficient (Wildman–Crippen LogP) is 4.84. The maximum atomic E-state index is 12.0. The Hall–Kier alpha value is -0.870. The molecule has 2 rings (SSSR count). The lowest BCUT2D eigenvalue weighted by Crippen LogP contribution is -2.39. The summed E-state index contributed by atoms with van der Waals surface area (Å²) in [4.78, 5) is 0.648. The van der Waals surface area contributed by atoms with Crippen LogP contribution in [0.4, 0.5) is 0 Å². The van der Waals surface area contributed by atoms with Crippen molar-refractivity contribution in [2.75, 3.05) is 0 Å². The Morgan fingerprint density at radius 3 is 2.00 bits per heavy atom. The minimum Gasteiger partial charge on any atom is -0.487 e. The molecule has 130 valence electrons. The lowest BCUT2D eigenvalue weighted by Gasteiger charge is -2.40. The van der Waals surface area contributed by atoms with E-state index in [2.05, 4.69) is 34.6 Å². The Morgan fingerprint density at radius 1 is 1.00 bits per heavy atom. The molecule has 0 amide bonds. The Bertz CT molecular complexity index is 578. The SMILES string of the molecule is CCc1c(CC)c(S(=O)O)c(CC)c2c1OC(CC)(CC)CC2. The van der Waals surface area contributed by atoms with Gasteiger partial charge in [0.15, 0.2) is 11.1 Å². The van der Waals surface area contributed by atoms with Gasteiger partial charge in [-0.3, -0.25) is 0 Å². The molecule has 1 aliphatic rings. The van der Waals surface area contributed by atoms with E-state index in [4.69, 9.17) is 4.74 Å². The van der Waals surface area contributed by atoms with Crippen molar-refractivity contribution in [3.05, 3.63) is 22.3 Å². The van der Waals surface area contributed by atoms with Gasteiger partial charge in [0.25, 0.3) is 0 Å². The molecule has 1 N–H and O–H groups in total. The van der Waals surface area contributed by atoms with Crippen molar-refractivity contribution in [1.29, 1.82) is 0 Å². The second kappa shape index (κ2) is 7.35. The van der Waals surface area contributed by atoms with Crippen LogP contribution in [-0.2, 0) is 36.8 Å². The average Bonchev–Trinajstić information content (AvgIpc) is 2.58. The molecule has 0 fully saturated rings. The first kappa shape index (κ1) is 18.5. The van der Waals surface area contributed by atoms with Crippen LogP contribution in [0, 0.1) is 0 Å². The molecule has 1 atom stereocenters. The van der Waals surface area contributed by atoms with Gasteiger partial charge >= 0.3 is 0 Å². The van der Waals surface area contributed by atoms with E-state index < -0.39 is 11.1 Å². The van der Waals surface area contributed by atoms with E-state index in [1.165, 1.54) is 5.56 Å². The maximum Gasteiger partial charge on any atom is 0.187 e. The molecule has 0 aromatic heterocycles. The highest BCUT2D eigenvalue weighted by molar-refractivity contribution is 7.79. The fraction of sp³-hybridized carbons (Fsp3) is 0.684. The molecule has 1 aromatic carbocycles. The summed E-state index contributed by atoms with van der Waals surface area (Å²) in [5.74, 6) is 1.02. The monoisotopic (exact) mass is 338 g/mol. The molecule has 0 radical (unpaired) electrons. The zero-order chi connectivity index (χ0) is 17.2. The van der Waals surface area contributed by atoms with Gasteiger partial charge in [-0.1, -0.05) is 34.6 Å². The fourth-order valence-electron chi connectivity index (χ4n) is 4.00. The molecule has 23 heavy (non-hydrogen) atoms. The zero-order valence-corrected chi connectivity index (χ0v) is 15.9. The third-order valence-corrected chi connectivity index (χ3v) is 6.34. The number of hydrogen-bond acceptors (Lipinski definition) is 2. The van der Waals surface area contributed by atoms with E-state index in [-0.39, 0.29) is 5.60 Å². The van der Waals surface area contributed by atoms with Gasteiger partial charge in [0.2, 0.25) is 0 Å². The zero-order valence-electron chi connectivity index (χ0n) is 15.1. The van der Waals surface area contributed by atoms with Gasteiger partial charge in [0, 0.05) is 0 Å². The fourth-order valence-corrected chi connectivity index (χ4v) is 4.96. The molecule has 1 unspecified atom stereocenters. The molecular formula is C19H30O3S. The standard InChI is InChI=1S/C19H30O3S/c1-6-13-14(7-2)18(23(20)21)15(8-3)16-11-12-19(9-4,10-5)22-17(13)16/h6-12H2,1-5H3,(H,20,21). The largest absolute Gasteiger partial charge is 0.487 e. The quantitative estimate of drug-likeness (QED) is 0.755. The Balaban J connectivity index is 2.77. The molecule has 0 aliphatic carbocycles. The van der Waals surface area contributed by atoms with Crippen LogP contribution >= 0.6 is 0 Å². The molecule has 0 bridgehead atoms. The van der Waals surface area contributed by atoms with Gasteiger partial charge in [-0.05, 0) is 67.2 Å². The first-order valence-electron chi connectivity index (χ1n) is 8.97. The van der Waals surface area contributed by atoms with Gasteiger partial charge in [-0.15, -0.1) is 0 Å². The van der Waals surface area contributed by atoms with E-state index in [9.17, 15) is 8.76 Å². The second-order valence-corrected chi connectivity index (χ2v) is 7.28. The maximum absolute atomic E-state index is 12.0. The molecule has 0 saturated carbocycles. The van der Waals surface area contributed by atoms with Crippen LogP contribution in [0.15, 0.2) is 4.90 Å². The van der Waals surface area contributed by atoms with E-state index >= 15 is 0 Å². The molecule has 3 nitrogen and oxygen atoms in total. The van der Waals surface area contributed by atoms with Gasteiger partial charge in [0.05, 0.1) is 4.90 Å². The average molecular weight is 339 g/mol. The molecule has 1 aliphatic heterocycles. The highest BCUT2D eigenvalue weighted by Gasteiger charge is 2.37. The van der Waals surface area contributed by atoms with E-state index in [0.29, 0.717) is 4.90 Å². The van der Waals surface area contributed by atoms with Gasteiger partial charge in [-0.2, -0.15) is 0 Å². The summed E-state index contributed by atoms with van der Waals surface area (Å²) in [7, 11) is 0. The molecule has 1 heterocycles. The lowest BCUT2D eigenvalue weighted by atomic mass is 9.82. The summed E-state index contributed by atoms with van der Waals surface area (Å²) in [6, 6.07) is 0. The van der Waals surface area contributed by atoms with Crippen molar-refractivity contribution in [1.82, 2.24) is 0 Å². The topological polar surface area (TPSA) is 46.5 Å². The van der Waals surface area contributed by atoms with Crippen LogP contribution in [0.3, 0.4) is 0 Å². The normalized spacial score (nSPS) is 17.5. The van der Waals surface area contributed by atoms with Crippen LogP contribution in [0.5, 0.6) is 5.75 Å². The molecule has 0 spiro atoms. The Labute approximate surface area is 143 Å². The van der Waals surface area contributed by atoms with Crippen LogP contribution in [0.2, 0.25) is 0 Å². The van der Waals surface area contributed by atoms with Gasteiger partial charge in [0.1, 0.15) is 11.4 Å². The van der Waals surface area contributed by atoms with Crippen molar-refractivity contribution < 1.29 is 13.5 Å². The summed E-state index contributed by atoms with van der Waals surface area (Å²) in [5.41, 5.74) is 4.30. The first-order valence-corrected chi connectivity index (χ1v) is 10.1. The number of benzene rings is 1. The van der Waals surface area contributed by atoms with Crippen LogP contribution in [-0.4, -0.2) is 14.4 Å².